The monoisotopic (exact) mass is 196 g/mol. The zero-order valence-electron chi connectivity index (χ0n) is 7.35. The second-order valence-corrected chi connectivity index (χ2v) is 3.32. The van der Waals surface area contributed by atoms with Crippen LogP contribution in [0.25, 0.3) is 0 Å². The molecule has 5 nitrogen and oxygen atoms in total. The third-order valence-electron chi connectivity index (χ3n) is 2.56. The maximum Gasteiger partial charge on any atom is 0.343 e. The van der Waals surface area contributed by atoms with Crippen molar-refractivity contribution in [2.24, 2.45) is 0 Å². The van der Waals surface area contributed by atoms with Crippen molar-refractivity contribution >= 4 is 11.9 Å². The van der Waals surface area contributed by atoms with Crippen LogP contribution < -0.4 is 0 Å². The second kappa shape index (κ2) is 2.45. The largest absolute Gasteiger partial charge is 0.479 e. The Labute approximate surface area is 79.3 Å². The Morgan fingerprint density at radius 1 is 1.43 bits per heavy atom. The van der Waals surface area contributed by atoms with Crippen LogP contribution in [0.1, 0.15) is 6.92 Å². The molecule has 2 unspecified atom stereocenters. The lowest BCUT2D eigenvalue weighted by atomic mass is 9.88. The molecule has 0 bridgehead atoms. The van der Waals surface area contributed by atoms with Crippen molar-refractivity contribution in [3.63, 3.8) is 0 Å². The highest BCUT2D eigenvalue weighted by molar-refractivity contribution is 5.97. The molecule has 0 aromatic carbocycles. The fourth-order valence-corrected chi connectivity index (χ4v) is 1.67. The van der Waals surface area contributed by atoms with E-state index in [9.17, 15) is 9.59 Å². The van der Waals surface area contributed by atoms with Gasteiger partial charge in [0, 0.05) is 0 Å². The van der Waals surface area contributed by atoms with E-state index in [0.717, 1.165) is 0 Å². The minimum Gasteiger partial charge on any atom is -0.479 e. The summed E-state index contributed by atoms with van der Waals surface area (Å²) in [5.74, 6) is -2.27. The van der Waals surface area contributed by atoms with Gasteiger partial charge in [-0.25, -0.2) is 9.59 Å². The maximum absolute atomic E-state index is 10.9. The minimum atomic E-state index is -1.41. The average molecular weight is 196 g/mol. The number of epoxide rings is 1. The van der Waals surface area contributed by atoms with E-state index in [0.29, 0.717) is 5.57 Å². The van der Waals surface area contributed by atoms with Gasteiger partial charge in [-0.1, -0.05) is 6.08 Å². The standard InChI is InChI=1S/C9H8O5/c1-4-2-3-5(7(10)11)6-9(4,14-6)8(12)13/h2-3,6H,1H3,(H,10,11)(H,12,13). The molecule has 1 saturated heterocycles. The molecule has 1 aliphatic carbocycles. The van der Waals surface area contributed by atoms with E-state index >= 15 is 0 Å². The third kappa shape index (κ3) is 0.871. The molecule has 1 fully saturated rings. The third-order valence-corrected chi connectivity index (χ3v) is 2.56. The Morgan fingerprint density at radius 2 is 2.07 bits per heavy atom. The summed E-state index contributed by atoms with van der Waals surface area (Å²) in [5.41, 5.74) is -0.888. The van der Waals surface area contributed by atoms with Gasteiger partial charge in [0.2, 0.25) is 5.60 Å². The van der Waals surface area contributed by atoms with Crippen LogP contribution in [0.5, 0.6) is 0 Å². The van der Waals surface area contributed by atoms with Crippen molar-refractivity contribution < 1.29 is 24.5 Å². The van der Waals surface area contributed by atoms with Crippen LogP contribution in [-0.4, -0.2) is 33.9 Å². The number of aliphatic carboxylic acids is 2. The van der Waals surface area contributed by atoms with Gasteiger partial charge < -0.3 is 14.9 Å². The number of carboxylic acid groups (broad SMARTS) is 2. The quantitative estimate of drug-likeness (QED) is 0.615. The Morgan fingerprint density at radius 3 is 2.57 bits per heavy atom. The summed E-state index contributed by atoms with van der Waals surface area (Å²) >= 11 is 0. The van der Waals surface area contributed by atoms with Gasteiger partial charge in [0.05, 0.1) is 5.57 Å². The van der Waals surface area contributed by atoms with Gasteiger partial charge >= 0.3 is 11.9 Å². The maximum atomic E-state index is 10.9. The number of carboxylic acids is 2. The summed E-state index contributed by atoms with van der Waals surface area (Å²) in [6.45, 7) is 1.61. The number of hydrogen-bond acceptors (Lipinski definition) is 3. The molecule has 0 amide bonds. The van der Waals surface area contributed by atoms with Crippen LogP contribution in [0.3, 0.4) is 0 Å². The second-order valence-electron chi connectivity index (χ2n) is 3.32. The highest BCUT2D eigenvalue weighted by Crippen LogP contribution is 2.49. The molecule has 0 radical (unpaired) electrons. The molecule has 0 aromatic rings. The first kappa shape index (κ1) is 8.96. The number of rotatable bonds is 2. The van der Waals surface area contributed by atoms with Crippen LogP contribution >= 0.6 is 0 Å². The summed E-state index contributed by atoms with van der Waals surface area (Å²) in [5, 5.41) is 17.7. The predicted molar refractivity (Wildman–Crippen MR) is 44.7 cm³/mol. The summed E-state index contributed by atoms with van der Waals surface area (Å²) in [7, 11) is 0. The van der Waals surface area contributed by atoms with Crippen molar-refractivity contribution in [3.8, 4) is 0 Å². The van der Waals surface area contributed by atoms with Crippen LogP contribution in [0.4, 0.5) is 0 Å². The van der Waals surface area contributed by atoms with E-state index in [1.54, 1.807) is 6.92 Å². The molecule has 2 aliphatic rings. The van der Waals surface area contributed by atoms with Crippen LogP contribution in [0.15, 0.2) is 23.3 Å². The number of allylic oxidation sites excluding steroid dienone is 2. The molecule has 0 aromatic heterocycles. The van der Waals surface area contributed by atoms with Crippen molar-refractivity contribution in [2.75, 3.05) is 0 Å². The Hall–Kier alpha value is -1.62. The zero-order chi connectivity index (χ0) is 10.5. The summed E-state index contributed by atoms with van der Waals surface area (Å²) < 4.78 is 5.00. The van der Waals surface area contributed by atoms with Gasteiger partial charge in [-0.05, 0) is 18.6 Å². The first-order valence-corrected chi connectivity index (χ1v) is 4.03. The Balaban J connectivity index is 2.42. The average Bonchev–Trinajstić information content (AvgIpc) is 2.80. The zero-order valence-corrected chi connectivity index (χ0v) is 7.35. The van der Waals surface area contributed by atoms with Gasteiger partial charge in [-0.2, -0.15) is 0 Å². The van der Waals surface area contributed by atoms with E-state index in [2.05, 4.69) is 0 Å². The molecule has 0 spiro atoms. The molecule has 2 atom stereocenters. The van der Waals surface area contributed by atoms with Crippen molar-refractivity contribution in [2.45, 2.75) is 18.6 Å². The molecule has 1 aliphatic heterocycles. The number of ether oxygens (including phenoxy) is 1. The van der Waals surface area contributed by atoms with E-state index in [4.69, 9.17) is 14.9 Å². The number of hydrogen-bond donors (Lipinski definition) is 2. The fourth-order valence-electron chi connectivity index (χ4n) is 1.67. The predicted octanol–water partition coefficient (Wildman–Crippen LogP) is 0.179. The van der Waals surface area contributed by atoms with Crippen LogP contribution in [-0.2, 0) is 14.3 Å². The highest BCUT2D eigenvalue weighted by atomic mass is 16.6. The molecule has 1 heterocycles. The van der Waals surface area contributed by atoms with E-state index in [1.165, 1.54) is 12.2 Å². The van der Waals surface area contributed by atoms with Gasteiger partial charge in [0.1, 0.15) is 6.10 Å². The first-order chi connectivity index (χ1) is 6.50. The van der Waals surface area contributed by atoms with Crippen molar-refractivity contribution in [1.82, 2.24) is 0 Å². The minimum absolute atomic E-state index is 0.00185. The van der Waals surface area contributed by atoms with E-state index in [-0.39, 0.29) is 5.57 Å². The topological polar surface area (TPSA) is 87.1 Å². The number of carbonyl (C=O) groups is 2. The van der Waals surface area contributed by atoms with Crippen molar-refractivity contribution in [3.05, 3.63) is 23.3 Å². The van der Waals surface area contributed by atoms with E-state index in [1.807, 2.05) is 0 Å². The molecule has 5 heteroatoms. The van der Waals surface area contributed by atoms with Crippen LogP contribution in [0.2, 0.25) is 0 Å². The molecular formula is C9H8O5. The highest BCUT2D eigenvalue weighted by Gasteiger charge is 2.67. The molecule has 14 heavy (non-hydrogen) atoms. The molecule has 2 N–H and O–H groups in total. The smallest absolute Gasteiger partial charge is 0.343 e. The summed E-state index contributed by atoms with van der Waals surface area (Å²) in [4.78, 5) is 21.6. The van der Waals surface area contributed by atoms with E-state index < -0.39 is 23.6 Å². The van der Waals surface area contributed by atoms with Gasteiger partial charge in [0.15, 0.2) is 0 Å². The van der Waals surface area contributed by atoms with Crippen LogP contribution in [0, 0.1) is 0 Å². The normalized spacial score (nSPS) is 33.9. The molecule has 74 valence electrons. The lowest BCUT2D eigenvalue weighted by Gasteiger charge is -2.11. The van der Waals surface area contributed by atoms with Gasteiger partial charge in [-0.15, -0.1) is 0 Å². The fraction of sp³-hybridized carbons (Fsp3) is 0.333. The summed E-state index contributed by atoms with van der Waals surface area (Å²) in [6, 6.07) is 0. The lowest BCUT2D eigenvalue weighted by Crippen LogP contribution is -2.32. The van der Waals surface area contributed by atoms with Gasteiger partial charge in [0.25, 0.3) is 0 Å². The Bertz CT molecular complexity index is 392. The Kier molecular flexibility index (Phi) is 1.57. The summed E-state index contributed by atoms with van der Waals surface area (Å²) in [6.07, 6.45) is 2.03. The van der Waals surface area contributed by atoms with Gasteiger partial charge in [-0.3, -0.25) is 0 Å². The first-order valence-electron chi connectivity index (χ1n) is 4.03. The molecule has 0 saturated carbocycles. The van der Waals surface area contributed by atoms with Crippen molar-refractivity contribution in [1.29, 1.82) is 0 Å². The SMILES string of the molecule is CC1=CC=C(C(=O)O)C2OC12C(=O)O. The lowest BCUT2D eigenvalue weighted by molar-refractivity contribution is -0.141. The number of fused-ring (bicyclic) bond motifs is 1. The molecular weight excluding hydrogens is 188 g/mol. The molecule has 2 rings (SSSR count).